The molecule has 0 saturated carbocycles. The van der Waals surface area contributed by atoms with E-state index < -0.39 is 0 Å². The van der Waals surface area contributed by atoms with E-state index in [4.69, 9.17) is 4.99 Å². The summed E-state index contributed by atoms with van der Waals surface area (Å²) in [5.74, 6) is 1.13. The monoisotopic (exact) mass is 479 g/mol. The predicted octanol–water partition coefficient (Wildman–Crippen LogP) is 10.7. The Kier molecular flexibility index (Phi) is 15.2. The summed E-state index contributed by atoms with van der Waals surface area (Å²) in [7, 11) is 0. The number of hydrogen-bond acceptors (Lipinski definition) is 1. The van der Waals surface area contributed by atoms with Gasteiger partial charge in [-0.2, -0.15) is 0 Å². The Bertz CT molecular complexity index is 884. The molecule has 1 aromatic rings. The molecule has 0 amide bonds. The fraction of sp³-hybridized carbons (Fsp3) is 0.545. The second-order valence-electron chi connectivity index (χ2n) is 10.3. The van der Waals surface area contributed by atoms with Crippen LogP contribution in [-0.4, -0.2) is 5.71 Å². The van der Waals surface area contributed by atoms with E-state index in [1.54, 1.807) is 0 Å². The van der Waals surface area contributed by atoms with Gasteiger partial charge in [0.25, 0.3) is 0 Å². The maximum atomic E-state index is 14.8. The molecular formula is C33H50FN. The first-order valence-electron chi connectivity index (χ1n) is 13.7. The molecule has 0 N–H and O–H groups in total. The summed E-state index contributed by atoms with van der Waals surface area (Å²) in [6.07, 6.45) is 19.2. The van der Waals surface area contributed by atoms with Gasteiger partial charge in [0.15, 0.2) is 0 Å². The number of halogens is 1. The minimum atomic E-state index is -0.0799. The molecule has 1 aromatic carbocycles. The molecule has 0 heterocycles. The summed E-state index contributed by atoms with van der Waals surface area (Å²) < 4.78 is 14.8. The molecule has 0 aromatic heterocycles. The molecule has 0 aliphatic heterocycles. The first kappa shape index (κ1) is 30.8. The van der Waals surface area contributed by atoms with Gasteiger partial charge in [-0.1, -0.05) is 103 Å². The van der Waals surface area contributed by atoms with Crippen molar-refractivity contribution >= 4 is 11.5 Å². The standard InChI is InChI=1S/C33H50FN/c1-9-11-14-21-28(7)35-33(25(3)4)30(18-10-2)22-16-13-12-15-19-26(5)24-32(34)31-23-17-20-27(6)29(31)8/h9,11,14,17,20-21,23-26,30H,7,10,12-13,15-16,18-19,22H2,1-6,8H3/b11-9-,21-14-,32-24+,35-33?. The number of allylic oxidation sites excluding steroid dienone is 5. The number of nitrogens with zero attached hydrogens (tertiary/aromatic N) is 1. The van der Waals surface area contributed by atoms with Crippen LogP contribution in [-0.2, 0) is 0 Å². The highest BCUT2D eigenvalue weighted by Gasteiger charge is 2.18. The zero-order valence-corrected chi connectivity index (χ0v) is 23.5. The number of aryl methyl sites for hydroxylation is 1. The first-order valence-corrected chi connectivity index (χ1v) is 13.7. The van der Waals surface area contributed by atoms with Crippen molar-refractivity contribution in [2.45, 2.75) is 99.8 Å². The number of rotatable bonds is 16. The van der Waals surface area contributed by atoms with Gasteiger partial charge in [0.1, 0.15) is 5.83 Å². The molecule has 35 heavy (non-hydrogen) atoms. The van der Waals surface area contributed by atoms with Crippen LogP contribution >= 0.6 is 0 Å². The average Bonchev–Trinajstić information content (AvgIpc) is 2.80. The Morgan fingerprint density at radius 1 is 1.00 bits per heavy atom. The van der Waals surface area contributed by atoms with Gasteiger partial charge in [0.05, 0.1) is 5.70 Å². The van der Waals surface area contributed by atoms with Crippen molar-refractivity contribution in [3.63, 3.8) is 0 Å². The minimum absolute atomic E-state index is 0.0799. The molecule has 2 heteroatoms. The highest BCUT2D eigenvalue weighted by molar-refractivity contribution is 5.89. The zero-order chi connectivity index (χ0) is 26.2. The van der Waals surface area contributed by atoms with Crippen molar-refractivity contribution in [2.24, 2.45) is 22.7 Å². The van der Waals surface area contributed by atoms with E-state index in [0.29, 0.717) is 11.8 Å². The highest BCUT2D eigenvalue weighted by atomic mass is 19.1. The van der Waals surface area contributed by atoms with Gasteiger partial charge in [-0.15, -0.1) is 0 Å². The Balaban J connectivity index is 2.55. The predicted molar refractivity (Wildman–Crippen MR) is 156 cm³/mol. The largest absolute Gasteiger partial charge is 0.258 e. The maximum Gasteiger partial charge on any atom is 0.126 e. The van der Waals surface area contributed by atoms with Gasteiger partial charge in [0.2, 0.25) is 0 Å². The normalized spacial score (nSPS) is 14.9. The fourth-order valence-electron chi connectivity index (χ4n) is 4.60. The van der Waals surface area contributed by atoms with Crippen molar-refractivity contribution in [2.75, 3.05) is 0 Å². The van der Waals surface area contributed by atoms with Crippen LogP contribution in [0.15, 0.2) is 65.8 Å². The molecule has 0 spiro atoms. The molecular weight excluding hydrogens is 429 g/mol. The van der Waals surface area contributed by atoms with Crippen LogP contribution in [0.4, 0.5) is 4.39 Å². The van der Waals surface area contributed by atoms with Crippen molar-refractivity contribution < 1.29 is 4.39 Å². The SMILES string of the molecule is C=C(/C=C\C=C/C)N=C(C(C)C)C(CCC)CCCCCCC(C)/C=C(/F)c1cccc(C)c1C. The van der Waals surface area contributed by atoms with Crippen molar-refractivity contribution in [1.82, 2.24) is 0 Å². The van der Waals surface area contributed by atoms with Crippen molar-refractivity contribution in [3.05, 3.63) is 77.5 Å². The Hall–Kier alpha value is -2.22. The van der Waals surface area contributed by atoms with Gasteiger partial charge in [-0.25, -0.2) is 4.39 Å². The minimum Gasteiger partial charge on any atom is -0.258 e. The third kappa shape index (κ3) is 11.8. The lowest BCUT2D eigenvalue weighted by molar-refractivity contribution is 0.488. The number of hydrogen-bond donors (Lipinski definition) is 0. The topological polar surface area (TPSA) is 12.4 Å². The lowest BCUT2D eigenvalue weighted by Gasteiger charge is -2.22. The van der Waals surface area contributed by atoms with Crippen molar-refractivity contribution in [1.29, 1.82) is 0 Å². The van der Waals surface area contributed by atoms with Gasteiger partial charge in [0, 0.05) is 11.3 Å². The molecule has 0 fully saturated rings. The number of unbranched alkanes of at least 4 members (excludes halogenated alkanes) is 3. The first-order chi connectivity index (χ1) is 16.7. The second-order valence-corrected chi connectivity index (χ2v) is 10.3. The van der Waals surface area contributed by atoms with E-state index in [-0.39, 0.29) is 11.7 Å². The van der Waals surface area contributed by atoms with E-state index in [0.717, 1.165) is 35.2 Å². The molecule has 0 bridgehead atoms. The van der Waals surface area contributed by atoms with E-state index in [1.165, 1.54) is 44.2 Å². The number of aliphatic imine (C=N–C) groups is 1. The van der Waals surface area contributed by atoms with E-state index >= 15 is 0 Å². The molecule has 0 aliphatic carbocycles. The third-order valence-corrected chi connectivity index (χ3v) is 6.77. The van der Waals surface area contributed by atoms with E-state index in [9.17, 15) is 4.39 Å². The zero-order valence-electron chi connectivity index (χ0n) is 23.5. The molecule has 2 atom stereocenters. The van der Waals surface area contributed by atoms with Gasteiger partial charge < -0.3 is 0 Å². The summed E-state index contributed by atoms with van der Waals surface area (Å²) >= 11 is 0. The van der Waals surface area contributed by atoms with Gasteiger partial charge in [-0.05, 0) is 81.1 Å². The average molecular weight is 480 g/mol. The smallest absolute Gasteiger partial charge is 0.126 e. The number of benzene rings is 1. The summed E-state index contributed by atoms with van der Waals surface area (Å²) in [4.78, 5) is 4.93. The molecule has 0 saturated heterocycles. The van der Waals surface area contributed by atoms with Crippen LogP contribution in [0.3, 0.4) is 0 Å². The summed E-state index contributed by atoms with van der Waals surface area (Å²) in [5.41, 5.74) is 5.05. The summed E-state index contributed by atoms with van der Waals surface area (Å²) in [5, 5.41) is 0. The summed E-state index contributed by atoms with van der Waals surface area (Å²) in [6, 6.07) is 5.86. The van der Waals surface area contributed by atoms with Crippen LogP contribution in [0.25, 0.3) is 5.83 Å². The van der Waals surface area contributed by atoms with Crippen LogP contribution in [0.5, 0.6) is 0 Å². The third-order valence-electron chi connectivity index (χ3n) is 6.77. The van der Waals surface area contributed by atoms with E-state index in [2.05, 4.69) is 34.3 Å². The Morgan fingerprint density at radius 2 is 1.69 bits per heavy atom. The lowest BCUT2D eigenvalue weighted by atomic mass is 9.86. The van der Waals surface area contributed by atoms with Crippen LogP contribution < -0.4 is 0 Å². The fourth-order valence-corrected chi connectivity index (χ4v) is 4.60. The van der Waals surface area contributed by atoms with Gasteiger partial charge >= 0.3 is 0 Å². The molecule has 194 valence electrons. The second kappa shape index (κ2) is 17.2. The molecule has 0 aliphatic rings. The molecule has 1 nitrogen and oxygen atoms in total. The Morgan fingerprint density at radius 3 is 2.31 bits per heavy atom. The van der Waals surface area contributed by atoms with Gasteiger partial charge in [-0.3, -0.25) is 4.99 Å². The van der Waals surface area contributed by atoms with Crippen LogP contribution in [0.2, 0.25) is 0 Å². The maximum absolute atomic E-state index is 14.8. The summed E-state index contributed by atoms with van der Waals surface area (Å²) in [6.45, 7) is 19.1. The Labute approximate surface area is 216 Å². The van der Waals surface area contributed by atoms with Crippen LogP contribution in [0, 0.1) is 31.6 Å². The van der Waals surface area contributed by atoms with Crippen LogP contribution in [0.1, 0.15) is 103 Å². The molecule has 0 radical (unpaired) electrons. The quantitative estimate of drug-likeness (QED) is 0.127. The highest BCUT2D eigenvalue weighted by Crippen LogP contribution is 2.26. The molecule has 2 unspecified atom stereocenters. The lowest BCUT2D eigenvalue weighted by Crippen LogP contribution is -2.20. The van der Waals surface area contributed by atoms with E-state index in [1.807, 2.05) is 69.4 Å². The molecule has 1 rings (SSSR count). The van der Waals surface area contributed by atoms with Crippen molar-refractivity contribution in [3.8, 4) is 0 Å².